The van der Waals surface area contributed by atoms with E-state index >= 15 is 0 Å². The fraction of sp³-hybridized carbons (Fsp3) is 0.0500. The van der Waals surface area contributed by atoms with E-state index in [-0.39, 0.29) is 5.78 Å². The first-order valence-corrected chi connectivity index (χ1v) is 8.22. The molecule has 1 heterocycles. The van der Waals surface area contributed by atoms with Crippen LogP contribution in [-0.4, -0.2) is 5.78 Å². The van der Waals surface area contributed by atoms with Gasteiger partial charge in [-0.05, 0) is 35.2 Å². The highest BCUT2D eigenvalue weighted by molar-refractivity contribution is 7.12. The lowest BCUT2D eigenvalue weighted by atomic mass is 10.1. The van der Waals surface area contributed by atoms with Gasteiger partial charge in [-0.3, -0.25) is 4.79 Å². The van der Waals surface area contributed by atoms with Crippen LogP contribution in [0.25, 0.3) is 6.08 Å². The summed E-state index contributed by atoms with van der Waals surface area (Å²) in [6.45, 7) is 0.505. The van der Waals surface area contributed by atoms with E-state index in [1.165, 1.54) is 11.3 Å². The summed E-state index contributed by atoms with van der Waals surface area (Å²) in [5, 5.41) is 1.90. The molecule has 2 aromatic carbocycles. The van der Waals surface area contributed by atoms with Crippen molar-refractivity contribution in [3.63, 3.8) is 0 Å². The van der Waals surface area contributed by atoms with Crippen molar-refractivity contribution < 1.29 is 9.53 Å². The summed E-state index contributed by atoms with van der Waals surface area (Å²) >= 11 is 1.45. The first kappa shape index (κ1) is 15.3. The van der Waals surface area contributed by atoms with Gasteiger partial charge in [-0.25, -0.2) is 0 Å². The normalized spacial score (nSPS) is 10.8. The van der Waals surface area contributed by atoms with Gasteiger partial charge in [0, 0.05) is 5.56 Å². The molecule has 0 saturated carbocycles. The van der Waals surface area contributed by atoms with Gasteiger partial charge in [0.2, 0.25) is 0 Å². The number of rotatable bonds is 6. The Morgan fingerprint density at radius 1 is 0.957 bits per heavy atom. The summed E-state index contributed by atoms with van der Waals surface area (Å²) in [7, 11) is 0. The van der Waals surface area contributed by atoms with E-state index in [1.807, 2.05) is 78.2 Å². The van der Waals surface area contributed by atoms with Crippen LogP contribution in [0.1, 0.15) is 20.8 Å². The standard InChI is InChI=1S/C20H16O2S/c21-18(20-11-6-14-23-20)13-12-17-9-4-5-10-19(17)22-15-16-7-2-1-3-8-16/h1-14H,15H2/b13-12+. The lowest BCUT2D eigenvalue weighted by Crippen LogP contribution is -1.97. The molecule has 0 atom stereocenters. The van der Waals surface area contributed by atoms with Gasteiger partial charge in [-0.1, -0.05) is 54.6 Å². The molecule has 0 radical (unpaired) electrons. The van der Waals surface area contributed by atoms with Crippen LogP contribution in [0.15, 0.2) is 78.2 Å². The molecule has 0 unspecified atom stereocenters. The van der Waals surface area contributed by atoms with Gasteiger partial charge in [0.25, 0.3) is 0 Å². The third kappa shape index (κ3) is 4.18. The Kier molecular flexibility index (Phi) is 5.02. The van der Waals surface area contributed by atoms with Gasteiger partial charge in [0.15, 0.2) is 5.78 Å². The SMILES string of the molecule is O=C(/C=C/c1ccccc1OCc1ccccc1)c1cccs1. The predicted molar refractivity (Wildman–Crippen MR) is 94.9 cm³/mol. The number of ketones is 1. The molecule has 0 aliphatic carbocycles. The third-order valence-electron chi connectivity index (χ3n) is 3.33. The number of benzene rings is 2. The van der Waals surface area contributed by atoms with Crippen LogP contribution in [0.2, 0.25) is 0 Å². The highest BCUT2D eigenvalue weighted by Gasteiger charge is 2.04. The van der Waals surface area contributed by atoms with E-state index in [9.17, 15) is 4.79 Å². The van der Waals surface area contributed by atoms with E-state index in [0.29, 0.717) is 6.61 Å². The fourth-order valence-corrected chi connectivity index (χ4v) is 2.80. The summed E-state index contributed by atoms with van der Waals surface area (Å²) in [4.78, 5) is 12.8. The second-order valence-electron chi connectivity index (χ2n) is 4.99. The molecule has 0 N–H and O–H groups in total. The zero-order valence-corrected chi connectivity index (χ0v) is 13.3. The smallest absolute Gasteiger partial charge is 0.195 e. The minimum atomic E-state index is 0.0119. The minimum Gasteiger partial charge on any atom is -0.488 e. The molecule has 0 bridgehead atoms. The fourth-order valence-electron chi connectivity index (χ4n) is 2.15. The van der Waals surface area contributed by atoms with Gasteiger partial charge >= 0.3 is 0 Å². The van der Waals surface area contributed by atoms with Crippen molar-refractivity contribution in [2.24, 2.45) is 0 Å². The molecule has 23 heavy (non-hydrogen) atoms. The predicted octanol–water partition coefficient (Wildman–Crippen LogP) is 5.22. The molecule has 0 aliphatic rings. The zero-order chi connectivity index (χ0) is 15.9. The van der Waals surface area contributed by atoms with Crippen molar-refractivity contribution in [2.75, 3.05) is 0 Å². The lowest BCUT2D eigenvalue weighted by molar-refractivity contribution is 0.105. The monoisotopic (exact) mass is 320 g/mol. The van der Waals surface area contributed by atoms with Crippen LogP contribution in [0, 0.1) is 0 Å². The van der Waals surface area contributed by atoms with Crippen molar-refractivity contribution >= 4 is 23.2 Å². The minimum absolute atomic E-state index is 0.0119. The van der Waals surface area contributed by atoms with Crippen LogP contribution in [-0.2, 0) is 6.61 Å². The van der Waals surface area contributed by atoms with Gasteiger partial charge in [-0.2, -0.15) is 0 Å². The summed E-state index contributed by atoms with van der Waals surface area (Å²) in [6.07, 6.45) is 3.40. The summed E-state index contributed by atoms with van der Waals surface area (Å²) in [5.74, 6) is 0.782. The lowest BCUT2D eigenvalue weighted by Gasteiger charge is -2.09. The molecule has 3 heteroatoms. The number of hydrogen-bond donors (Lipinski definition) is 0. The molecule has 0 saturated heterocycles. The number of carbonyl (C=O) groups is 1. The van der Waals surface area contributed by atoms with Crippen molar-refractivity contribution in [3.05, 3.63) is 94.2 Å². The van der Waals surface area contributed by atoms with E-state index in [2.05, 4.69) is 0 Å². The molecule has 0 spiro atoms. The molecule has 3 rings (SSSR count). The van der Waals surface area contributed by atoms with Gasteiger partial charge in [-0.15, -0.1) is 11.3 Å². The summed E-state index contributed by atoms with van der Waals surface area (Å²) < 4.78 is 5.89. The maximum atomic E-state index is 12.1. The molecule has 114 valence electrons. The number of ether oxygens (including phenoxy) is 1. The quantitative estimate of drug-likeness (QED) is 0.459. The Morgan fingerprint density at radius 2 is 1.74 bits per heavy atom. The van der Waals surface area contributed by atoms with Gasteiger partial charge in [0.1, 0.15) is 12.4 Å². The number of carbonyl (C=O) groups excluding carboxylic acids is 1. The maximum Gasteiger partial charge on any atom is 0.195 e. The maximum absolute atomic E-state index is 12.1. The van der Waals surface area contributed by atoms with Crippen LogP contribution in [0.3, 0.4) is 0 Å². The second-order valence-corrected chi connectivity index (χ2v) is 5.93. The molecular weight excluding hydrogens is 304 g/mol. The first-order valence-electron chi connectivity index (χ1n) is 7.34. The zero-order valence-electron chi connectivity index (χ0n) is 12.5. The van der Waals surface area contributed by atoms with Crippen molar-refractivity contribution in [1.29, 1.82) is 0 Å². The Morgan fingerprint density at radius 3 is 2.52 bits per heavy atom. The molecule has 3 aromatic rings. The molecule has 2 nitrogen and oxygen atoms in total. The van der Waals surface area contributed by atoms with Crippen LogP contribution in [0.4, 0.5) is 0 Å². The Labute approximate surface area is 139 Å². The average molecular weight is 320 g/mol. The van der Waals surface area contributed by atoms with E-state index < -0.39 is 0 Å². The van der Waals surface area contributed by atoms with Crippen molar-refractivity contribution in [2.45, 2.75) is 6.61 Å². The van der Waals surface area contributed by atoms with Crippen LogP contribution < -0.4 is 4.74 Å². The Balaban J connectivity index is 1.71. The van der Waals surface area contributed by atoms with Crippen molar-refractivity contribution in [1.82, 2.24) is 0 Å². The van der Waals surface area contributed by atoms with Gasteiger partial charge < -0.3 is 4.74 Å². The molecule has 0 fully saturated rings. The summed E-state index contributed by atoms with van der Waals surface area (Å²) in [6, 6.07) is 21.4. The van der Waals surface area contributed by atoms with E-state index in [4.69, 9.17) is 4.74 Å². The van der Waals surface area contributed by atoms with E-state index in [0.717, 1.165) is 21.8 Å². The largest absolute Gasteiger partial charge is 0.488 e. The van der Waals surface area contributed by atoms with E-state index in [1.54, 1.807) is 6.08 Å². The van der Waals surface area contributed by atoms with Crippen LogP contribution in [0.5, 0.6) is 5.75 Å². The van der Waals surface area contributed by atoms with Gasteiger partial charge in [0.05, 0.1) is 4.88 Å². The third-order valence-corrected chi connectivity index (χ3v) is 4.22. The number of hydrogen-bond acceptors (Lipinski definition) is 3. The second kappa shape index (κ2) is 7.56. The Hall–Kier alpha value is -2.65. The highest BCUT2D eigenvalue weighted by Crippen LogP contribution is 2.21. The molecular formula is C20H16O2S. The van der Waals surface area contributed by atoms with Crippen LogP contribution >= 0.6 is 11.3 Å². The number of allylic oxidation sites excluding steroid dienone is 1. The van der Waals surface area contributed by atoms with Crippen molar-refractivity contribution in [3.8, 4) is 5.75 Å². The first-order chi connectivity index (χ1) is 11.3. The average Bonchev–Trinajstić information content (AvgIpc) is 3.14. The number of thiophene rings is 1. The topological polar surface area (TPSA) is 26.3 Å². The molecule has 0 aliphatic heterocycles. The summed E-state index contributed by atoms with van der Waals surface area (Å²) in [5.41, 5.74) is 2.01. The molecule has 0 amide bonds. The Bertz CT molecular complexity index is 790. The number of para-hydroxylation sites is 1. The molecule has 1 aromatic heterocycles. The highest BCUT2D eigenvalue weighted by atomic mass is 32.1.